The number of carboxylic acid groups (broad SMARTS) is 1. The number of aliphatic carboxylic acids is 1. The van der Waals surface area contributed by atoms with Gasteiger partial charge in [-0.2, -0.15) is 0 Å². The average molecular weight is 135 g/mol. The molecule has 0 saturated carbocycles. The van der Waals surface area contributed by atoms with Crippen molar-refractivity contribution in [3.8, 4) is 0 Å². The lowest BCUT2D eigenvalue weighted by Crippen LogP contribution is -2.00. The second-order valence-corrected chi connectivity index (χ2v) is 1.52. The second-order valence-electron chi connectivity index (χ2n) is 1.25. The van der Waals surface area contributed by atoms with Crippen LogP contribution in [-0.4, -0.2) is 17.0 Å². The van der Waals surface area contributed by atoms with Gasteiger partial charge in [0.05, 0.1) is 5.88 Å². The van der Waals surface area contributed by atoms with E-state index < -0.39 is 5.97 Å². The molecule has 0 aliphatic carbocycles. The molecule has 3 heteroatoms. The Kier molecular flexibility index (Phi) is 3.28. The largest absolute Gasteiger partial charge is 0.478 e. The third-order valence-corrected chi connectivity index (χ3v) is 1.06. The van der Waals surface area contributed by atoms with E-state index in [2.05, 4.69) is 0 Å². The molecule has 0 atom stereocenters. The van der Waals surface area contributed by atoms with Crippen LogP contribution in [0.2, 0.25) is 0 Å². The first kappa shape index (κ1) is 7.50. The molecule has 0 spiro atoms. The summed E-state index contributed by atoms with van der Waals surface area (Å²) in [6, 6.07) is 0. The van der Waals surface area contributed by atoms with E-state index in [0.717, 1.165) is 0 Å². The molecule has 0 aromatic rings. The predicted molar refractivity (Wildman–Crippen MR) is 32.1 cm³/mol. The molecule has 0 amide bonds. The van der Waals surface area contributed by atoms with Gasteiger partial charge >= 0.3 is 5.97 Å². The molecule has 2 nitrogen and oxygen atoms in total. The summed E-state index contributed by atoms with van der Waals surface area (Å²) in [5.74, 6) is -0.867. The van der Waals surface area contributed by atoms with Crippen molar-refractivity contribution >= 4 is 17.6 Å². The van der Waals surface area contributed by atoms with Crippen LogP contribution in [0.1, 0.15) is 6.92 Å². The first-order valence-corrected chi connectivity index (χ1v) is 2.70. The standard InChI is InChI=1S/C5H7ClO2/c1-2-4(3-6)5(7)8/h2H,3H2,1H3,(H,7,8)/b4-2+. The summed E-state index contributed by atoms with van der Waals surface area (Å²) in [5.41, 5.74) is 0.242. The molecule has 0 fully saturated rings. The molecule has 8 heavy (non-hydrogen) atoms. The molecule has 0 unspecified atom stereocenters. The van der Waals surface area contributed by atoms with Gasteiger partial charge in [-0.05, 0) is 6.92 Å². The molecule has 0 rings (SSSR count). The predicted octanol–water partition coefficient (Wildman–Crippen LogP) is 1.26. The third-order valence-electron chi connectivity index (χ3n) is 0.767. The van der Waals surface area contributed by atoms with Gasteiger partial charge in [-0.1, -0.05) is 6.08 Å². The summed E-state index contributed by atoms with van der Waals surface area (Å²) in [4.78, 5) is 10.0. The van der Waals surface area contributed by atoms with Crippen molar-refractivity contribution in [1.29, 1.82) is 0 Å². The smallest absolute Gasteiger partial charge is 0.332 e. The van der Waals surface area contributed by atoms with Crippen LogP contribution in [-0.2, 0) is 4.79 Å². The SMILES string of the molecule is C/C=C(\CCl)C(=O)O. The molecule has 0 heterocycles. The van der Waals surface area contributed by atoms with Gasteiger partial charge in [0, 0.05) is 5.57 Å². The van der Waals surface area contributed by atoms with Crippen LogP contribution in [0.4, 0.5) is 0 Å². The second kappa shape index (κ2) is 3.50. The van der Waals surface area contributed by atoms with Crippen LogP contribution >= 0.6 is 11.6 Å². The van der Waals surface area contributed by atoms with Crippen LogP contribution < -0.4 is 0 Å². The average Bonchev–Trinajstić information content (AvgIpc) is 1.69. The maximum Gasteiger partial charge on any atom is 0.332 e. The fourth-order valence-electron chi connectivity index (χ4n) is 0.258. The van der Waals surface area contributed by atoms with E-state index in [1.54, 1.807) is 6.92 Å². The topological polar surface area (TPSA) is 37.3 Å². The number of hydrogen-bond donors (Lipinski definition) is 1. The van der Waals surface area contributed by atoms with Crippen LogP contribution in [0.15, 0.2) is 11.6 Å². The minimum absolute atomic E-state index is 0.0752. The Morgan fingerprint density at radius 3 is 2.38 bits per heavy atom. The molecule has 46 valence electrons. The van der Waals surface area contributed by atoms with Gasteiger partial charge in [0.1, 0.15) is 0 Å². The lowest BCUT2D eigenvalue weighted by atomic mass is 10.3. The van der Waals surface area contributed by atoms with Crippen molar-refractivity contribution in [2.45, 2.75) is 6.92 Å². The van der Waals surface area contributed by atoms with Crippen molar-refractivity contribution < 1.29 is 9.90 Å². The van der Waals surface area contributed by atoms with Crippen molar-refractivity contribution in [2.24, 2.45) is 0 Å². The molecular formula is C5H7ClO2. The quantitative estimate of drug-likeness (QED) is 0.456. The van der Waals surface area contributed by atoms with Crippen LogP contribution in [0, 0.1) is 0 Å². The summed E-state index contributed by atoms with van der Waals surface area (Å²) in [6.45, 7) is 1.64. The first-order valence-electron chi connectivity index (χ1n) is 2.16. The van der Waals surface area contributed by atoms with Gasteiger partial charge in [-0.3, -0.25) is 0 Å². The third kappa shape index (κ3) is 1.98. The zero-order chi connectivity index (χ0) is 6.57. The summed E-state index contributed by atoms with van der Waals surface area (Å²) in [6.07, 6.45) is 1.48. The van der Waals surface area contributed by atoms with E-state index in [9.17, 15) is 4.79 Å². The molecule has 0 saturated heterocycles. The number of halogens is 1. The zero-order valence-corrected chi connectivity index (χ0v) is 5.27. The highest BCUT2D eigenvalue weighted by molar-refractivity contribution is 6.22. The van der Waals surface area contributed by atoms with Gasteiger partial charge < -0.3 is 5.11 Å². The number of hydrogen-bond acceptors (Lipinski definition) is 1. The molecule has 0 aromatic heterocycles. The number of rotatable bonds is 2. The van der Waals surface area contributed by atoms with E-state index in [0.29, 0.717) is 0 Å². The van der Waals surface area contributed by atoms with Gasteiger partial charge in [-0.15, -0.1) is 11.6 Å². The first-order chi connectivity index (χ1) is 3.72. The van der Waals surface area contributed by atoms with Crippen molar-refractivity contribution in [3.63, 3.8) is 0 Å². The normalized spacial score (nSPS) is 11.5. The maximum absolute atomic E-state index is 10.0. The lowest BCUT2D eigenvalue weighted by molar-refractivity contribution is -0.132. The zero-order valence-electron chi connectivity index (χ0n) is 4.52. The number of alkyl halides is 1. The summed E-state index contributed by atoms with van der Waals surface area (Å²) >= 11 is 5.21. The maximum atomic E-state index is 10.0. The molecule has 0 aliphatic heterocycles. The van der Waals surface area contributed by atoms with Crippen LogP contribution in [0.25, 0.3) is 0 Å². The number of allylic oxidation sites excluding steroid dienone is 1. The Labute approximate surface area is 52.8 Å². The fraction of sp³-hybridized carbons (Fsp3) is 0.400. The van der Waals surface area contributed by atoms with Gasteiger partial charge in [0.25, 0.3) is 0 Å². The highest BCUT2D eigenvalue weighted by Gasteiger charge is 2.00. The lowest BCUT2D eigenvalue weighted by Gasteiger charge is -1.89. The monoisotopic (exact) mass is 134 g/mol. The minimum atomic E-state index is -0.942. The highest BCUT2D eigenvalue weighted by atomic mass is 35.5. The highest BCUT2D eigenvalue weighted by Crippen LogP contribution is 1.95. The fourth-order valence-corrected chi connectivity index (χ4v) is 0.526. The van der Waals surface area contributed by atoms with E-state index >= 15 is 0 Å². The summed E-state index contributed by atoms with van der Waals surface area (Å²) in [5, 5.41) is 8.22. The summed E-state index contributed by atoms with van der Waals surface area (Å²) < 4.78 is 0. The Bertz CT molecular complexity index is 118. The molecular weight excluding hydrogens is 128 g/mol. The van der Waals surface area contributed by atoms with E-state index in [1.807, 2.05) is 0 Å². The Morgan fingerprint density at radius 2 is 2.38 bits per heavy atom. The van der Waals surface area contributed by atoms with E-state index in [-0.39, 0.29) is 11.5 Å². The molecule has 0 aromatic carbocycles. The van der Waals surface area contributed by atoms with Gasteiger partial charge in [-0.25, -0.2) is 4.79 Å². The van der Waals surface area contributed by atoms with Crippen molar-refractivity contribution in [3.05, 3.63) is 11.6 Å². The Balaban J connectivity index is 3.92. The summed E-state index contributed by atoms with van der Waals surface area (Å²) in [7, 11) is 0. The Hall–Kier alpha value is -0.500. The van der Waals surface area contributed by atoms with Crippen molar-refractivity contribution in [2.75, 3.05) is 5.88 Å². The van der Waals surface area contributed by atoms with E-state index in [4.69, 9.17) is 16.7 Å². The molecule has 0 radical (unpaired) electrons. The van der Waals surface area contributed by atoms with E-state index in [1.165, 1.54) is 6.08 Å². The molecule has 1 N–H and O–H groups in total. The Morgan fingerprint density at radius 1 is 1.88 bits per heavy atom. The van der Waals surface area contributed by atoms with Gasteiger partial charge in [0.15, 0.2) is 0 Å². The molecule has 0 aliphatic rings. The van der Waals surface area contributed by atoms with Crippen molar-refractivity contribution in [1.82, 2.24) is 0 Å². The number of carbonyl (C=O) groups is 1. The van der Waals surface area contributed by atoms with Crippen LogP contribution in [0.3, 0.4) is 0 Å². The van der Waals surface area contributed by atoms with Crippen LogP contribution in [0.5, 0.6) is 0 Å². The van der Waals surface area contributed by atoms with Gasteiger partial charge in [0.2, 0.25) is 0 Å². The molecule has 0 bridgehead atoms. The number of carboxylic acids is 1. The minimum Gasteiger partial charge on any atom is -0.478 e.